The number of aryl methyl sites for hydroxylation is 1. The van der Waals surface area contributed by atoms with Crippen molar-refractivity contribution in [3.8, 4) is 5.88 Å². The summed E-state index contributed by atoms with van der Waals surface area (Å²) in [6.45, 7) is 2.76. The summed E-state index contributed by atoms with van der Waals surface area (Å²) in [5, 5.41) is 3.25. The Kier molecular flexibility index (Phi) is 3.25. The lowest BCUT2D eigenvalue weighted by Gasteiger charge is -2.10. The summed E-state index contributed by atoms with van der Waals surface area (Å²) in [6, 6.07) is 0.763. The maximum Gasteiger partial charge on any atom is 0.435 e. The first-order chi connectivity index (χ1) is 7.21. The lowest BCUT2D eigenvalue weighted by atomic mass is 10.3. The maximum atomic E-state index is 12.3. The van der Waals surface area contributed by atoms with Crippen LogP contribution in [0.1, 0.15) is 19.5 Å². The summed E-state index contributed by atoms with van der Waals surface area (Å²) in [7, 11) is 1.32. The molecule has 0 saturated heterocycles. The Hall–Kier alpha value is -1.53. The SMILES string of the molecule is CC(=O)[C@@H](C)Oc1cc(C(F)(F)F)nn1C. The molecule has 1 heterocycles. The van der Waals surface area contributed by atoms with Gasteiger partial charge in [-0.15, -0.1) is 0 Å². The molecule has 0 unspecified atom stereocenters. The van der Waals surface area contributed by atoms with Crippen molar-refractivity contribution >= 4 is 5.78 Å². The summed E-state index contributed by atoms with van der Waals surface area (Å²) >= 11 is 0. The fraction of sp³-hybridized carbons (Fsp3) is 0.556. The van der Waals surface area contributed by atoms with E-state index in [-0.39, 0.29) is 11.7 Å². The fourth-order valence-electron chi connectivity index (χ4n) is 0.963. The maximum absolute atomic E-state index is 12.3. The van der Waals surface area contributed by atoms with Crippen LogP contribution >= 0.6 is 0 Å². The highest BCUT2D eigenvalue weighted by atomic mass is 19.4. The molecule has 0 fully saturated rings. The highest BCUT2D eigenvalue weighted by molar-refractivity contribution is 5.80. The number of carbonyl (C=O) groups excluding carboxylic acids is 1. The third kappa shape index (κ3) is 2.74. The summed E-state index contributed by atoms with van der Waals surface area (Å²) in [5.41, 5.74) is -1.04. The summed E-state index contributed by atoms with van der Waals surface area (Å²) in [5.74, 6) is -0.357. The molecule has 0 N–H and O–H groups in total. The number of halogens is 3. The van der Waals surface area contributed by atoms with Crippen LogP contribution in [0.3, 0.4) is 0 Å². The van der Waals surface area contributed by atoms with Crippen molar-refractivity contribution in [1.29, 1.82) is 0 Å². The van der Waals surface area contributed by atoms with E-state index in [1.807, 2.05) is 0 Å². The van der Waals surface area contributed by atoms with E-state index in [1.54, 1.807) is 0 Å². The molecule has 1 aromatic heterocycles. The number of hydrogen-bond donors (Lipinski definition) is 0. The van der Waals surface area contributed by atoms with Gasteiger partial charge in [-0.25, -0.2) is 4.68 Å². The van der Waals surface area contributed by atoms with Gasteiger partial charge in [-0.3, -0.25) is 4.79 Å². The fourth-order valence-corrected chi connectivity index (χ4v) is 0.963. The summed E-state index contributed by atoms with van der Waals surface area (Å²) in [4.78, 5) is 10.9. The number of nitrogens with zero attached hydrogens (tertiary/aromatic N) is 2. The normalized spacial score (nSPS) is 13.6. The van der Waals surface area contributed by atoms with Crippen LogP contribution in [-0.4, -0.2) is 21.7 Å². The highest BCUT2D eigenvalue weighted by Gasteiger charge is 2.35. The summed E-state index contributed by atoms with van der Waals surface area (Å²) in [6.07, 6.45) is -5.31. The Labute approximate surface area is 90.0 Å². The van der Waals surface area contributed by atoms with Crippen LogP contribution in [0.25, 0.3) is 0 Å². The van der Waals surface area contributed by atoms with Crippen molar-refractivity contribution in [1.82, 2.24) is 9.78 Å². The minimum atomic E-state index is -4.52. The predicted molar refractivity (Wildman–Crippen MR) is 49.0 cm³/mol. The van der Waals surface area contributed by atoms with Crippen LogP contribution < -0.4 is 4.74 Å². The van der Waals surface area contributed by atoms with Crippen molar-refractivity contribution < 1.29 is 22.7 Å². The van der Waals surface area contributed by atoms with Gasteiger partial charge in [-0.2, -0.15) is 18.3 Å². The van der Waals surface area contributed by atoms with E-state index in [1.165, 1.54) is 20.9 Å². The number of carbonyl (C=O) groups is 1. The Balaban J connectivity index is 2.91. The van der Waals surface area contributed by atoms with Crippen molar-refractivity contribution in [3.63, 3.8) is 0 Å². The second-order valence-corrected chi connectivity index (χ2v) is 3.36. The third-order valence-corrected chi connectivity index (χ3v) is 2.00. The number of hydrogen-bond acceptors (Lipinski definition) is 3. The molecule has 90 valence electrons. The summed E-state index contributed by atoms with van der Waals surface area (Å²) < 4.78 is 42.8. The standard InChI is InChI=1S/C9H11F3N2O2/c1-5(15)6(2)16-8-4-7(9(10,11)12)13-14(8)3/h4,6H,1-3H3/t6-/m1/s1. The molecular weight excluding hydrogens is 225 g/mol. The van der Waals surface area contributed by atoms with Crippen molar-refractivity contribution in [2.75, 3.05) is 0 Å². The topological polar surface area (TPSA) is 44.1 Å². The average Bonchev–Trinajstić information content (AvgIpc) is 2.47. The molecule has 0 aliphatic rings. The second-order valence-electron chi connectivity index (χ2n) is 3.36. The van der Waals surface area contributed by atoms with Crippen LogP contribution in [0, 0.1) is 0 Å². The van der Waals surface area contributed by atoms with Gasteiger partial charge in [0.05, 0.1) is 0 Å². The molecule has 0 spiro atoms. The Bertz CT molecular complexity index is 398. The molecule has 1 atom stereocenters. The van der Waals surface area contributed by atoms with E-state index in [2.05, 4.69) is 5.10 Å². The van der Waals surface area contributed by atoms with E-state index in [0.717, 1.165) is 10.7 Å². The molecule has 0 radical (unpaired) electrons. The minimum Gasteiger partial charge on any atom is -0.467 e. The first kappa shape index (κ1) is 12.5. The van der Waals surface area contributed by atoms with Crippen molar-refractivity contribution in [3.05, 3.63) is 11.8 Å². The molecule has 7 heteroatoms. The minimum absolute atomic E-state index is 0.0879. The second kappa shape index (κ2) is 4.15. The predicted octanol–water partition coefficient (Wildman–Crippen LogP) is 1.80. The van der Waals surface area contributed by atoms with E-state index in [9.17, 15) is 18.0 Å². The lowest BCUT2D eigenvalue weighted by molar-refractivity contribution is -0.141. The van der Waals surface area contributed by atoms with Gasteiger partial charge in [0.15, 0.2) is 17.6 Å². The first-order valence-corrected chi connectivity index (χ1v) is 4.50. The third-order valence-electron chi connectivity index (χ3n) is 2.00. The Morgan fingerprint density at radius 3 is 2.50 bits per heavy atom. The highest BCUT2D eigenvalue weighted by Crippen LogP contribution is 2.30. The molecule has 0 aliphatic heterocycles. The zero-order valence-electron chi connectivity index (χ0n) is 9.00. The zero-order valence-corrected chi connectivity index (χ0v) is 9.00. The van der Waals surface area contributed by atoms with Gasteiger partial charge < -0.3 is 4.74 Å². The van der Waals surface area contributed by atoms with Gasteiger partial charge >= 0.3 is 6.18 Å². The number of ketones is 1. The van der Waals surface area contributed by atoms with Crippen LogP contribution in [0.5, 0.6) is 5.88 Å². The number of aromatic nitrogens is 2. The van der Waals surface area contributed by atoms with E-state index in [0.29, 0.717) is 0 Å². The van der Waals surface area contributed by atoms with Crippen LogP contribution in [-0.2, 0) is 18.0 Å². The monoisotopic (exact) mass is 236 g/mol. The Morgan fingerprint density at radius 2 is 2.12 bits per heavy atom. The molecular formula is C9H11F3N2O2. The van der Waals surface area contributed by atoms with Crippen molar-refractivity contribution in [2.24, 2.45) is 7.05 Å². The van der Waals surface area contributed by atoms with Crippen LogP contribution in [0.4, 0.5) is 13.2 Å². The number of rotatable bonds is 3. The molecule has 4 nitrogen and oxygen atoms in total. The molecule has 0 aromatic carbocycles. The molecule has 16 heavy (non-hydrogen) atoms. The van der Waals surface area contributed by atoms with E-state index in [4.69, 9.17) is 4.74 Å². The molecule has 0 aliphatic carbocycles. The van der Waals surface area contributed by atoms with Gasteiger partial charge in [0.1, 0.15) is 0 Å². The Morgan fingerprint density at radius 1 is 1.56 bits per heavy atom. The smallest absolute Gasteiger partial charge is 0.435 e. The van der Waals surface area contributed by atoms with E-state index < -0.39 is 18.0 Å². The van der Waals surface area contributed by atoms with Gasteiger partial charge in [-0.1, -0.05) is 0 Å². The number of ether oxygens (including phenoxy) is 1. The van der Waals surface area contributed by atoms with Crippen molar-refractivity contribution in [2.45, 2.75) is 26.1 Å². The average molecular weight is 236 g/mol. The largest absolute Gasteiger partial charge is 0.467 e. The molecule has 1 rings (SSSR count). The van der Waals surface area contributed by atoms with Gasteiger partial charge in [0.25, 0.3) is 0 Å². The lowest BCUT2D eigenvalue weighted by Crippen LogP contribution is -2.21. The van der Waals surface area contributed by atoms with Crippen LogP contribution in [0.15, 0.2) is 6.07 Å². The van der Waals surface area contributed by atoms with Gasteiger partial charge in [0, 0.05) is 13.1 Å². The molecule has 1 aromatic rings. The van der Waals surface area contributed by atoms with E-state index >= 15 is 0 Å². The quantitative estimate of drug-likeness (QED) is 0.803. The number of Topliss-reactive ketones (excluding diaryl/α,β-unsaturated/α-hetero) is 1. The zero-order chi connectivity index (χ0) is 12.5. The van der Waals surface area contributed by atoms with Crippen LogP contribution in [0.2, 0.25) is 0 Å². The molecule has 0 bridgehead atoms. The molecule has 0 saturated carbocycles. The first-order valence-electron chi connectivity index (χ1n) is 4.50. The molecule has 0 amide bonds. The number of alkyl halides is 3. The van der Waals surface area contributed by atoms with Gasteiger partial charge in [-0.05, 0) is 13.8 Å². The van der Waals surface area contributed by atoms with Gasteiger partial charge in [0.2, 0.25) is 5.88 Å².